The van der Waals surface area contributed by atoms with Crippen LogP contribution in [-0.2, 0) is 4.74 Å². The topological polar surface area (TPSA) is 154 Å². The van der Waals surface area contributed by atoms with Gasteiger partial charge in [-0.2, -0.15) is 0 Å². The molecule has 9 heteroatoms. The Morgan fingerprint density at radius 3 is 2.17 bits per heavy atom. The number of phenols is 1. The monoisotopic (exact) mass is 402 g/mol. The summed E-state index contributed by atoms with van der Waals surface area (Å²) in [5, 5.41) is 49.6. The van der Waals surface area contributed by atoms with Crippen LogP contribution in [-0.4, -0.2) is 74.4 Å². The van der Waals surface area contributed by atoms with Gasteiger partial charge in [0.1, 0.15) is 24.4 Å². The molecule has 1 aliphatic heterocycles. The lowest BCUT2D eigenvalue weighted by atomic mass is 9.83. The molecular weight excluding hydrogens is 384 g/mol. The molecule has 0 unspecified atom stereocenters. The van der Waals surface area contributed by atoms with E-state index in [1.54, 1.807) is 12.1 Å². The summed E-state index contributed by atoms with van der Waals surface area (Å²) in [6.07, 6.45) is -7.90. The van der Waals surface area contributed by atoms with Crippen molar-refractivity contribution in [2.45, 2.75) is 30.7 Å². The summed E-state index contributed by atoms with van der Waals surface area (Å²) >= 11 is 0. The quantitative estimate of drug-likeness (QED) is 0.384. The number of benzene rings is 2. The molecule has 0 spiro atoms. The van der Waals surface area contributed by atoms with Crippen LogP contribution in [0.5, 0.6) is 11.5 Å². The Kier molecular flexibility index (Phi) is 4.85. The van der Waals surface area contributed by atoms with Gasteiger partial charge in [-0.1, -0.05) is 24.3 Å². The lowest BCUT2D eigenvalue weighted by Crippen LogP contribution is -2.60. The zero-order chi connectivity index (χ0) is 20.9. The van der Waals surface area contributed by atoms with Crippen molar-refractivity contribution in [2.24, 2.45) is 0 Å². The fraction of sp³-hybridized carbons (Fsp3) is 0.300. The summed E-state index contributed by atoms with van der Waals surface area (Å²) < 4.78 is 10.8. The van der Waals surface area contributed by atoms with Crippen molar-refractivity contribution < 1.29 is 44.6 Å². The van der Waals surface area contributed by atoms with Gasteiger partial charge in [-0.05, 0) is 12.1 Å². The predicted molar refractivity (Wildman–Crippen MR) is 95.8 cm³/mol. The third-order valence-corrected chi connectivity index (χ3v) is 5.11. The van der Waals surface area contributed by atoms with Gasteiger partial charge in [0.15, 0.2) is 23.1 Å². The van der Waals surface area contributed by atoms with Gasteiger partial charge in [0.05, 0.1) is 12.2 Å². The molecule has 1 aliphatic carbocycles. The molecule has 1 fully saturated rings. The van der Waals surface area contributed by atoms with Crippen molar-refractivity contribution in [3.63, 3.8) is 0 Å². The largest absolute Gasteiger partial charge is 0.504 e. The van der Waals surface area contributed by atoms with Crippen LogP contribution in [0.25, 0.3) is 0 Å². The Morgan fingerprint density at radius 1 is 0.862 bits per heavy atom. The molecule has 0 radical (unpaired) electrons. The highest BCUT2D eigenvalue weighted by molar-refractivity contribution is 6.29. The second-order valence-corrected chi connectivity index (χ2v) is 6.86. The molecule has 2 aromatic carbocycles. The number of aliphatic hydroxyl groups excluding tert-OH is 4. The third-order valence-electron chi connectivity index (χ3n) is 5.11. The third kappa shape index (κ3) is 3.00. The number of ketones is 2. The van der Waals surface area contributed by atoms with Crippen LogP contribution in [0.3, 0.4) is 0 Å². The molecule has 1 saturated heterocycles. The zero-order valence-corrected chi connectivity index (χ0v) is 14.9. The van der Waals surface area contributed by atoms with Gasteiger partial charge in [-0.25, -0.2) is 0 Å². The van der Waals surface area contributed by atoms with Crippen LogP contribution >= 0.6 is 0 Å². The van der Waals surface area contributed by atoms with Gasteiger partial charge < -0.3 is 35.0 Å². The number of carbonyl (C=O) groups is 2. The number of phenolic OH excluding ortho intramolecular Hbond substituents is 1. The number of hydrogen-bond donors (Lipinski definition) is 5. The highest BCUT2D eigenvalue weighted by atomic mass is 16.7. The minimum Gasteiger partial charge on any atom is -0.504 e. The van der Waals surface area contributed by atoms with Gasteiger partial charge in [-0.3, -0.25) is 9.59 Å². The molecule has 0 aromatic heterocycles. The number of carbonyl (C=O) groups excluding carboxylic acids is 2. The van der Waals surface area contributed by atoms with E-state index >= 15 is 0 Å². The zero-order valence-electron chi connectivity index (χ0n) is 14.9. The van der Waals surface area contributed by atoms with E-state index in [-0.39, 0.29) is 22.3 Å². The number of hydrogen-bond acceptors (Lipinski definition) is 9. The molecule has 9 nitrogen and oxygen atoms in total. The van der Waals surface area contributed by atoms with Gasteiger partial charge in [0, 0.05) is 16.7 Å². The van der Waals surface area contributed by atoms with E-state index in [0.29, 0.717) is 0 Å². The first-order valence-electron chi connectivity index (χ1n) is 8.86. The number of aromatic hydroxyl groups is 1. The summed E-state index contributed by atoms with van der Waals surface area (Å²) in [5.74, 6) is -1.89. The van der Waals surface area contributed by atoms with Crippen LogP contribution in [0.2, 0.25) is 0 Å². The molecule has 0 bridgehead atoms. The summed E-state index contributed by atoms with van der Waals surface area (Å²) in [5.41, 5.74) is 0.153. The highest BCUT2D eigenvalue weighted by Crippen LogP contribution is 2.40. The van der Waals surface area contributed by atoms with Gasteiger partial charge in [0.2, 0.25) is 6.29 Å². The molecule has 0 saturated carbocycles. The van der Waals surface area contributed by atoms with Crippen molar-refractivity contribution >= 4 is 11.6 Å². The number of aliphatic hydroxyl groups is 4. The van der Waals surface area contributed by atoms with Crippen molar-refractivity contribution in [3.8, 4) is 11.5 Å². The molecule has 29 heavy (non-hydrogen) atoms. The molecule has 5 N–H and O–H groups in total. The maximum atomic E-state index is 13.0. The summed E-state index contributed by atoms with van der Waals surface area (Å²) in [6, 6.07) is 8.67. The van der Waals surface area contributed by atoms with E-state index in [4.69, 9.17) is 9.47 Å². The molecule has 2 aromatic rings. The second kappa shape index (κ2) is 7.21. The average Bonchev–Trinajstić information content (AvgIpc) is 2.73. The van der Waals surface area contributed by atoms with E-state index in [9.17, 15) is 35.1 Å². The van der Waals surface area contributed by atoms with Gasteiger partial charge >= 0.3 is 0 Å². The summed E-state index contributed by atoms with van der Waals surface area (Å²) in [4.78, 5) is 25.8. The van der Waals surface area contributed by atoms with Crippen LogP contribution in [0.15, 0.2) is 36.4 Å². The lowest BCUT2D eigenvalue weighted by Gasteiger charge is -2.39. The first-order valence-corrected chi connectivity index (χ1v) is 8.86. The summed E-state index contributed by atoms with van der Waals surface area (Å²) in [6.45, 7) is -0.672. The van der Waals surface area contributed by atoms with Crippen molar-refractivity contribution in [1.82, 2.24) is 0 Å². The van der Waals surface area contributed by atoms with E-state index in [1.807, 2.05) is 0 Å². The second-order valence-electron chi connectivity index (χ2n) is 6.86. The molecule has 5 atom stereocenters. The van der Waals surface area contributed by atoms with Crippen molar-refractivity contribution in [1.29, 1.82) is 0 Å². The van der Waals surface area contributed by atoms with Gasteiger partial charge in [-0.15, -0.1) is 0 Å². The summed E-state index contributed by atoms with van der Waals surface area (Å²) in [7, 11) is 0. The normalized spacial score (nSPS) is 28.6. The Hall–Kier alpha value is -2.82. The Morgan fingerprint density at radius 2 is 1.52 bits per heavy atom. The lowest BCUT2D eigenvalue weighted by molar-refractivity contribution is -0.277. The Bertz CT molecular complexity index is 984. The minimum absolute atomic E-state index is 0.00564. The fourth-order valence-electron chi connectivity index (χ4n) is 3.55. The fourth-order valence-corrected chi connectivity index (χ4v) is 3.55. The van der Waals surface area contributed by atoms with Crippen molar-refractivity contribution in [2.75, 3.05) is 6.61 Å². The van der Waals surface area contributed by atoms with E-state index in [1.165, 1.54) is 18.2 Å². The minimum atomic E-state index is -1.75. The van der Waals surface area contributed by atoms with Crippen LogP contribution in [0, 0.1) is 0 Å². The van der Waals surface area contributed by atoms with Crippen LogP contribution in [0.1, 0.15) is 31.8 Å². The van der Waals surface area contributed by atoms with Crippen LogP contribution < -0.4 is 4.74 Å². The first-order chi connectivity index (χ1) is 13.8. The number of rotatable bonds is 3. The molecule has 4 rings (SSSR count). The Balaban J connectivity index is 1.77. The SMILES string of the molecule is O=C1c2ccccc2C(=O)c2c1ccc(O)c2O[C@@H]1O[C@H](CO)[C@H](O)[C@H](O)[C@H]1O. The highest BCUT2D eigenvalue weighted by Gasteiger charge is 2.45. The van der Waals surface area contributed by atoms with E-state index in [0.717, 1.165) is 6.07 Å². The van der Waals surface area contributed by atoms with E-state index in [2.05, 4.69) is 0 Å². The van der Waals surface area contributed by atoms with Gasteiger partial charge in [0.25, 0.3) is 0 Å². The van der Waals surface area contributed by atoms with E-state index < -0.39 is 60.4 Å². The molecule has 2 aliphatic rings. The molecule has 152 valence electrons. The number of fused-ring (bicyclic) bond motifs is 2. The average molecular weight is 402 g/mol. The maximum Gasteiger partial charge on any atom is 0.229 e. The predicted octanol–water partition coefficient (Wildman–Crippen LogP) is -0.654. The van der Waals surface area contributed by atoms with Crippen LogP contribution in [0.4, 0.5) is 0 Å². The maximum absolute atomic E-state index is 13.0. The molecule has 1 heterocycles. The Labute approximate surface area is 164 Å². The standard InChI is InChI=1S/C20H18O9/c21-7-12-16(25)17(26)18(27)20(28-12)29-19-11(22)6-5-10-13(19)15(24)9-4-2-1-3-8(9)14(10)23/h1-6,12,16-18,20-22,25-27H,7H2/t12-,16+,17+,18-,20+/m1/s1. The first kappa shape index (κ1) is 19.5. The smallest absolute Gasteiger partial charge is 0.229 e. The molecule has 0 amide bonds. The number of ether oxygens (including phenoxy) is 2. The van der Waals surface area contributed by atoms with Crippen molar-refractivity contribution in [3.05, 3.63) is 58.7 Å². The molecular formula is C20H18O9.